The summed E-state index contributed by atoms with van der Waals surface area (Å²) in [6, 6.07) is 0. The Bertz CT molecular complexity index is 1260. The lowest BCUT2D eigenvalue weighted by Gasteiger charge is -2.46. The Morgan fingerprint density at radius 3 is 1.98 bits per heavy atom. The van der Waals surface area contributed by atoms with Gasteiger partial charge in [-0.2, -0.15) is 0 Å². The molecular formula is C45H86O4Si3. The molecule has 4 nitrogen and oxygen atoms in total. The molecule has 3 saturated carbocycles. The molecule has 0 radical (unpaired) electrons. The molecule has 3 aliphatic rings. The molecule has 2 N–H and O–H groups in total. The smallest absolute Gasteiger partial charge is 0.192 e. The fourth-order valence-electron chi connectivity index (χ4n) is 9.46. The third-order valence-corrected chi connectivity index (χ3v) is 27.7. The van der Waals surface area contributed by atoms with Gasteiger partial charge in [0.25, 0.3) is 0 Å². The highest BCUT2D eigenvalue weighted by Gasteiger charge is 2.52. The Balaban J connectivity index is 1.81. The van der Waals surface area contributed by atoms with Crippen molar-refractivity contribution in [2.24, 2.45) is 34.5 Å². The summed E-state index contributed by atoms with van der Waals surface area (Å²) < 4.78 is 14.0. The average Bonchev–Trinajstić information content (AvgIpc) is 3.31. The normalized spacial score (nSPS) is 30.2. The third kappa shape index (κ3) is 10.4. The second kappa shape index (κ2) is 15.9. The minimum Gasteiger partial charge on any atom is -0.432 e. The molecule has 0 amide bonds. The average molecular weight is 775 g/mol. The number of allylic oxidation sites excluding steroid dienone is 3. The SMILES string of the molecule is C=C1[C@H](CC(C)(C)[Si](C)(C)O)C/C(=C\C=C2/CCCC3(C)C2CCC3[C@@H](C)OC[C@H](C)C(C)(C)CC(C)(C)[Si](C)(C)O)C[C@H]1O[Si](C)(C)C(C)(C)C. The van der Waals surface area contributed by atoms with Crippen LogP contribution in [0.4, 0.5) is 0 Å². The zero-order chi connectivity index (χ0) is 40.1. The quantitative estimate of drug-likeness (QED) is 0.136. The lowest BCUT2D eigenvalue weighted by Crippen LogP contribution is -2.46. The van der Waals surface area contributed by atoms with Crippen molar-refractivity contribution < 1.29 is 18.8 Å². The highest BCUT2D eigenvalue weighted by Crippen LogP contribution is 2.59. The number of hydrogen-bond donors (Lipinski definition) is 2. The summed E-state index contributed by atoms with van der Waals surface area (Å²) in [6.07, 6.45) is 15.5. The second-order valence-electron chi connectivity index (χ2n) is 22.9. The van der Waals surface area contributed by atoms with Gasteiger partial charge in [-0.1, -0.05) is 106 Å². The van der Waals surface area contributed by atoms with Crippen LogP contribution in [0.5, 0.6) is 0 Å². The molecule has 52 heavy (non-hydrogen) atoms. The number of rotatable bonds is 14. The van der Waals surface area contributed by atoms with Crippen LogP contribution in [0, 0.1) is 34.5 Å². The fraction of sp³-hybridized carbons (Fsp3) is 0.867. The molecule has 0 saturated heterocycles. The molecule has 0 aromatic carbocycles. The van der Waals surface area contributed by atoms with E-state index in [1.165, 1.54) is 43.3 Å². The molecule has 3 rings (SSSR count). The summed E-state index contributed by atoms with van der Waals surface area (Å²) in [7, 11) is -6.63. The highest BCUT2D eigenvalue weighted by atomic mass is 28.4. The van der Waals surface area contributed by atoms with E-state index in [4.69, 9.17) is 15.7 Å². The van der Waals surface area contributed by atoms with Gasteiger partial charge >= 0.3 is 0 Å². The molecule has 0 aromatic heterocycles. The minimum absolute atomic E-state index is 0.0393. The zero-order valence-corrected chi connectivity index (χ0v) is 40.6. The number of fused-ring (bicyclic) bond motifs is 1. The molecular weight excluding hydrogens is 689 g/mol. The van der Waals surface area contributed by atoms with E-state index in [2.05, 4.69) is 135 Å². The third-order valence-electron chi connectivity index (χ3n) is 16.2. The molecule has 0 aromatic rings. The fourth-order valence-corrected chi connectivity index (χ4v) is 12.4. The van der Waals surface area contributed by atoms with E-state index in [1.54, 1.807) is 5.57 Å². The summed E-state index contributed by atoms with van der Waals surface area (Å²) in [5.41, 5.74) is 4.76. The van der Waals surface area contributed by atoms with Crippen molar-refractivity contribution in [3.05, 3.63) is 35.5 Å². The zero-order valence-electron chi connectivity index (χ0n) is 37.6. The molecule has 0 bridgehead atoms. The van der Waals surface area contributed by atoms with Gasteiger partial charge in [0.05, 0.1) is 18.8 Å². The molecule has 302 valence electrons. The first-order chi connectivity index (χ1) is 23.3. The van der Waals surface area contributed by atoms with Gasteiger partial charge in [-0.3, -0.25) is 0 Å². The molecule has 3 fully saturated rings. The predicted octanol–water partition coefficient (Wildman–Crippen LogP) is 13.2. The van der Waals surface area contributed by atoms with Crippen molar-refractivity contribution in [1.29, 1.82) is 0 Å². The van der Waals surface area contributed by atoms with E-state index >= 15 is 0 Å². The molecule has 0 heterocycles. The van der Waals surface area contributed by atoms with Crippen molar-refractivity contribution in [2.75, 3.05) is 6.61 Å². The topological polar surface area (TPSA) is 58.9 Å². The van der Waals surface area contributed by atoms with E-state index < -0.39 is 25.0 Å². The van der Waals surface area contributed by atoms with Crippen LogP contribution in [-0.2, 0) is 9.16 Å². The Labute approximate surface area is 326 Å². The standard InChI is InChI=1S/C45H86O4Si3/c1-32(42(7,8)31-44(11,12)51(16,17)47)30-48-34(3)38-24-25-39-36(21-20-26-45(38,39)13)23-22-35-27-37(29-43(9,10)50(14,15)46)33(2)40(28-35)49-52(18,19)41(4,5)6/h22-23,32,34,37-40,46-47H,2,20-21,24-31H2,1,3-19H3/b35-22+,36-23+/t32-,34+,37-,38?,39?,40+,45?/m0/s1. The van der Waals surface area contributed by atoms with Crippen LogP contribution < -0.4 is 0 Å². The van der Waals surface area contributed by atoms with E-state index in [0.717, 1.165) is 32.3 Å². The molecule has 7 atom stereocenters. The summed E-state index contributed by atoms with van der Waals surface area (Å²) >= 11 is 0. The Morgan fingerprint density at radius 1 is 0.865 bits per heavy atom. The van der Waals surface area contributed by atoms with Gasteiger partial charge in [-0.15, -0.1) is 0 Å². The van der Waals surface area contributed by atoms with Gasteiger partial charge in [0.2, 0.25) is 0 Å². The molecule has 0 aliphatic heterocycles. The second-order valence-corrected chi connectivity index (χ2v) is 36.6. The van der Waals surface area contributed by atoms with E-state index in [0.29, 0.717) is 23.7 Å². The molecule has 7 heteroatoms. The van der Waals surface area contributed by atoms with Crippen LogP contribution in [0.1, 0.15) is 141 Å². The monoisotopic (exact) mass is 775 g/mol. The molecule has 0 spiro atoms. The van der Waals surface area contributed by atoms with Crippen LogP contribution in [0.3, 0.4) is 0 Å². The maximum Gasteiger partial charge on any atom is 0.192 e. The van der Waals surface area contributed by atoms with Crippen molar-refractivity contribution in [2.45, 2.75) is 207 Å². The van der Waals surface area contributed by atoms with Crippen LogP contribution in [0.2, 0.25) is 54.4 Å². The first-order valence-corrected chi connectivity index (χ1v) is 29.9. The van der Waals surface area contributed by atoms with Gasteiger partial charge in [-0.25, -0.2) is 0 Å². The Hall–Kier alpha value is -0.289. The lowest BCUT2D eigenvalue weighted by molar-refractivity contribution is -0.0517. The van der Waals surface area contributed by atoms with Gasteiger partial charge < -0.3 is 18.8 Å². The Kier molecular flexibility index (Phi) is 14.1. The molecule has 3 unspecified atom stereocenters. The summed E-state index contributed by atoms with van der Waals surface area (Å²) in [5.74, 6) is 1.93. The summed E-state index contributed by atoms with van der Waals surface area (Å²) in [5, 5.41) is -0.00231. The Morgan fingerprint density at radius 2 is 1.44 bits per heavy atom. The maximum atomic E-state index is 11.2. The van der Waals surface area contributed by atoms with Gasteiger partial charge in [-0.05, 0) is 159 Å². The van der Waals surface area contributed by atoms with Crippen molar-refractivity contribution in [1.82, 2.24) is 0 Å². The highest BCUT2D eigenvalue weighted by molar-refractivity contribution is 6.74. The van der Waals surface area contributed by atoms with Crippen molar-refractivity contribution in [3.63, 3.8) is 0 Å². The van der Waals surface area contributed by atoms with E-state index in [9.17, 15) is 9.59 Å². The lowest BCUT2D eigenvalue weighted by atomic mass is 9.62. The van der Waals surface area contributed by atoms with E-state index in [-0.39, 0.29) is 38.2 Å². The van der Waals surface area contributed by atoms with Gasteiger partial charge in [0.1, 0.15) is 0 Å². The summed E-state index contributed by atoms with van der Waals surface area (Å²) in [6.45, 7) is 46.6. The van der Waals surface area contributed by atoms with Crippen LogP contribution in [0.25, 0.3) is 0 Å². The van der Waals surface area contributed by atoms with Crippen LogP contribution in [0.15, 0.2) is 35.5 Å². The van der Waals surface area contributed by atoms with Crippen LogP contribution >= 0.6 is 0 Å². The first kappa shape index (κ1) is 46.1. The van der Waals surface area contributed by atoms with E-state index in [1.807, 2.05) is 0 Å². The van der Waals surface area contributed by atoms with Crippen molar-refractivity contribution in [3.8, 4) is 0 Å². The molecule has 3 aliphatic carbocycles. The number of hydrogen-bond acceptors (Lipinski definition) is 4. The largest absolute Gasteiger partial charge is 0.432 e. The predicted molar refractivity (Wildman–Crippen MR) is 233 cm³/mol. The number of ether oxygens (including phenoxy) is 1. The van der Waals surface area contributed by atoms with Crippen molar-refractivity contribution >= 4 is 25.0 Å². The first-order valence-electron chi connectivity index (χ1n) is 21.1. The summed E-state index contributed by atoms with van der Waals surface area (Å²) in [4.78, 5) is 22.2. The van der Waals surface area contributed by atoms with Gasteiger partial charge in [0, 0.05) is 0 Å². The van der Waals surface area contributed by atoms with Crippen LogP contribution in [-0.4, -0.2) is 53.4 Å². The van der Waals surface area contributed by atoms with Gasteiger partial charge in [0.15, 0.2) is 25.0 Å². The minimum atomic E-state index is -2.36. The maximum absolute atomic E-state index is 11.2.